The van der Waals surface area contributed by atoms with Crippen molar-refractivity contribution in [1.29, 1.82) is 0 Å². The van der Waals surface area contributed by atoms with Crippen LogP contribution in [0.25, 0.3) is 0 Å². The normalized spacial score (nSPS) is 19.5. The van der Waals surface area contributed by atoms with Crippen LogP contribution in [0.2, 0.25) is 0 Å². The first-order chi connectivity index (χ1) is 15.7. The van der Waals surface area contributed by atoms with Crippen LogP contribution in [0.15, 0.2) is 0 Å². The van der Waals surface area contributed by atoms with E-state index in [1.807, 2.05) is 0 Å². The maximum Gasteiger partial charge on any atom is 0.470 e. The van der Waals surface area contributed by atoms with Crippen molar-refractivity contribution in [1.82, 2.24) is 0 Å². The molecule has 1 rings (SSSR count). The average Bonchev–Trinajstić information content (AvgIpc) is 3.02. The Hall–Kier alpha value is -1.32. The van der Waals surface area contributed by atoms with E-state index in [2.05, 4.69) is 16.2 Å². The lowest BCUT2D eigenvalue weighted by atomic mass is 10.0. The molecule has 1 saturated heterocycles. The first-order valence-electron chi connectivity index (χ1n) is 12.0. The van der Waals surface area contributed by atoms with Gasteiger partial charge in [-0.15, -0.1) is 0 Å². The van der Waals surface area contributed by atoms with Crippen LogP contribution in [0.4, 0.5) is 0 Å². The fourth-order valence-electron chi connectivity index (χ4n) is 3.64. The molecule has 192 valence electrons. The number of ether oxygens (including phenoxy) is 2. The number of hydrogen-bond acceptors (Lipinski definition) is 8. The molecule has 11 heteroatoms. The van der Waals surface area contributed by atoms with Crippen molar-refractivity contribution >= 4 is 25.5 Å². The summed E-state index contributed by atoms with van der Waals surface area (Å²) in [5, 5.41) is 9.96. The summed E-state index contributed by atoms with van der Waals surface area (Å²) in [6.45, 7) is 1.64. The second kappa shape index (κ2) is 16.3. The van der Waals surface area contributed by atoms with Gasteiger partial charge in [-0.25, -0.2) is 9.36 Å². The fraction of sp³-hybridized carbons (Fsp3) is 0.864. The van der Waals surface area contributed by atoms with Gasteiger partial charge in [-0.1, -0.05) is 84.0 Å². The van der Waals surface area contributed by atoms with E-state index in [1.165, 1.54) is 57.8 Å². The highest BCUT2D eigenvalue weighted by atomic mass is 31.2. The highest BCUT2D eigenvalue weighted by molar-refractivity contribution is 7.46. The molecule has 1 aliphatic rings. The van der Waals surface area contributed by atoms with Gasteiger partial charge in [0.25, 0.3) is 0 Å². The van der Waals surface area contributed by atoms with E-state index in [0.717, 1.165) is 19.3 Å². The number of rotatable bonds is 19. The number of aliphatic hydroxyl groups excluding tert-OH is 1. The van der Waals surface area contributed by atoms with E-state index in [0.29, 0.717) is 6.42 Å². The van der Waals surface area contributed by atoms with Crippen LogP contribution < -0.4 is 0 Å². The summed E-state index contributed by atoms with van der Waals surface area (Å²) in [7, 11) is -5.10. The van der Waals surface area contributed by atoms with Crippen LogP contribution in [0.5, 0.6) is 0 Å². The molecule has 0 bridgehead atoms. The van der Waals surface area contributed by atoms with Crippen LogP contribution in [-0.2, 0) is 32.9 Å². The van der Waals surface area contributed by atoms with Gasteiger partial charge in [0.15, 0.2) is 6.10 Å². The Kier molecular flexibility index (Phi) is 14.7. The topological polar surface area (TPSA) is 157 Å². The Balaban J connectivity index is 2.06. The predicted molar refractivity (Wildman–Crippen MR) is 119 cm³/mol. The van der Waals surface area contributed by atoms with E-state index in [1.54, 1.807) is 0 Å². The number of phosphoric ester groups is 1. The summed E-state index contributed by atoms with van der Waals surface area (Å²) in [4.78, 5) is 52.8. The van der Waals surface area contributed by atoms with Crippen LogP contribution in [0.3, 0.4) is 0 Å². The van der Waals surface area contributed by atoms with Crippen LogP contribution in [-0.4, -0.2) is 57.5 Å². The van der Waals surface area contributed by atoms with Gasteiger partial charge in [-0.05, 0) is 6.42 Å². The third kappa shape index (κ3) is 13.2. The van der Waals surface area contributed by atoms with E-state index < -0.39 is 50.5 Å². The molecule has 1 aliphatic heterocycles. The molecule has 0 saturated carbocycles. The van der Waals surface area contributed by atoms with Crippen molar-refractivity contribution < 1.29 is 47.8 Å². The molecule has 0 aromatic rings. The zero-order valence-corrected chi connectivity index (χ0v) is 20.4. The molecule has 10 nitrogen and oxygen atoms in total. The van der Waals surface area contributed by atoms with E-state index in [4.69, 9.17) is 14.5 Å². The fourth-order valence-corrected chi connectivity index (χ4v) is 4.10. The molecule has 3 unspecified atom stereocenters. The van der Waals surface area contributed by atoms with Gasteiger partial charge < -0.3 is 24.4 Å². The van der Waals surface area contributed by atoms with Crippen molar-refractivity contribution in [2.75, 3.05) is 6.61 Å². The Morgan fingerprint density at radius 2 is 1.42 bits per heavy atom. The number of esters is 2. The third-order valence-electron chi connectivity index (χ3n) is 5.49. The zero-order chi connectivity index (χ0) is 24.7. The van der Waals surface area contributed by atoms with Crippen molar-refractivity contribution in [3.8, 4) is 0 Å². The number of carbonyl (C=O) groups is 3. The summed E-state index contributed by atoms with van der Waals surface area (Å²) in [6, 6.07) is 0. The third-order valence-corrected chi connectivity index (χ3v) is 5.97. The molecule has 1 heterocycles. The number of aliphatic hydroxyl groups is 1. The Morgan fingerprint density at radius 1 is 0.939 bits per heavy atom. The number of phosphoric acid groups is 1. The Bertz CT molecular complexity index is 647. The molecule has 0 aliphatic carbocycles. The molecule has 33 heavy (non-hydrogen) atoms. The summed E-state index contributed by atoms with van der Waals surface area (Å²) in [5.74, 6) is -2.99. The summed E-state index contributed by atoms with van der Waals surface area (Å²) in [5.41, 5.74) is 0. The quantitative estimate of drug-likeness (QED) is 0.105. The zero-order valence-electron chi connectivity index (χ0n) is 19.5. The molecule has 0 radical (unpaired) electrons. The van der Waals surface area contributed by atoms with Gasteiger partial charge in [0.1, 0.15) is 12.7 Å². The number of hydrogen-bond donors (Lipinski definition) is 3. The predicted octanol–water partition coefficient (Wildman–Crippen LogP) is 3.34. The van der Waals surface area contributed by atoms with Crippen molar-refractivity contribution in [3.63, 3.8) is 0 Å². The summed E-state index contributed by atoms with van der Waals surface area (Å²) >= 11 is 0. The maximum absolute atomic E-state index is 12.0. The minimum atomic E-state index is -5.10. The Labute approximate surface area is 195 Å². The molecule has 3 N–H and O–H groups in total. The number of unbranched alkanes of at least 4 members (excludes halogenated alkanes) is 12. The van der Waals surface area contributed by atoms with Gasteiger partial charge in [0.05, 0.1) is 0 Å². The van der Waals surface area contributed by atoms with Gasteiger partial charge in [0, 0.05) is 6.42 Å². The minimum absolute atomic E-state index is 0.173. The van der Waals surface area contributed by atoms with Gasteiger partial charge >= 0.3 is 19.8 Å². The second-order valence-electron chi connectivity index (χ2n) is 8.48. The molecule has 0 aromatic heterocycles. The van der Waals surface area contributed by atoms with Crippen LogP contribution in [0.1, 0.15) is 96.8 Å². The monoisotopic (exact) mass is 494 g/mol. The van der Waals surface area contributed by atoms with Gasteiger partial charge in [0.2, 0.25) is 11.9 Å². The average molecular weight is 495 g/mol. The highest BCUT2D eigenvalue weighted by Gasteiger charge is 2.50. The van der Waals surface area contributed by atoms with Crippen molar-refractivity contribution in [3.05, 3.63) is 0 Å². The molecule has 0 amide bonds. The van der Waals surface area contributed by atoms with Crippen LogP contribution >= 0.6 is 7.82 Å². The van der Waals surface area contributed by atoms with E-state index in [-0.39, 0.29) is 6.42 Å². The lowest BCUT2D eigenvalue weighted by Gasteiger charge is -2.15. The van der Waals surface area contributed by atoms with E-state index >= 15 is 0 Å². The largest absolute Gasteiger partial charge is 0.470 e. The van der Waals surface area contributed by atoms with Crippen molar-refractivity contribution in [2.45, 2.75) is 115 Å². The maximum atomic E-state index is 12.0. The molecule has 1 fully saturated rings. The number of ketones is 1. The lowest BCUT2D eigenvalue weighted by molar-refractivity contribution is -0.156. The standard InChI is InChI=1S/C22H39O10P/c1-2-3-4-5-6-7-8-9-10-11-12-13-14-15-18(24)30-16-17(23)20-19(25)21(22(26)31-20)32-33(27,28)29/h17,20-21,23H,2-16H2,1H3,(H2,27,28,29). The number of Topliss-reactive ketones (excluding diaryl/α,β-unsaturated/α-hetero) is 1. The molecular weight excluding hydrogens is 455 g/mol. The second-order valence-corrected chi connectivity index (χ2v) is 9.67. The van der Waals surface area contributed by atoms with Crippen molar-refractivity contribution in [2.24, 2.45) is 0 Å². The number of carbonyl (C=O) groups excluding carboxylic acids is 3. The molecule has 3 atom stereocenters. The van der Waals surface area contributed by atoms with Gasteiger partial charge in [-0.3, -0.25) is 14.1 Å². The molecule has 0 spiro atoms. The highest BCUT2D eigenvalue weighted by Crippen LogP contribution is 2.39. The number of cyclic esters (lactones) is 1. The SMILES string of the molecule is CCCCCCCCCCCCCCCC(=O)OCC(O)C1OC(=O)C(OP(=O)(O)O)C1=O. The van der Waals surface area contributed by atoms with Crippen LogP contribution in [0, 0.1) is 0 Å². The van der Waals surface area contributed by atoms with Gasteiger partial charge in [-0.2, -0.15) is 0 Å². The summed E-state index contributed by atoms with van der Waals surface area (Å²) < 4.78 is 24.4. The first kappa shape index (κ1) is 29.7. The smallest absolute Gasteiger partial charge is 0.463 e. The molecule has 0 aromatic carbocycles. The first-order valence-corrected chi connectivity index (χ1v) is 13.5. The Morgan fingerprint density at radius 3 is 1.91 bits per heavy atom. The summed E-state index contributed by atoms with van der Waals surface area (Å²) in [6.07, 6.45) is 10.1. The molecular formula is C22H39O10P. The van der Waals surface area contributed by atoms with E-state index in [9.17, 15) is 24.1 Å². The minimum Gasteiger partial charge on any atom is -0.463 e. The lowest BCUT2D eigenvalue weighted by Crippen LogP contribution is -2.38.